The summed E-state index contributed by atoms with van der Waals surface area (Å²) >= 11 is 0. The van der Waals surface area contributed by atoms with Crippen molar-refractivity contribution >= 4 is 5.69 Å². The topological polar surface area (TPSA) is 37.4 Å². The Kier molecular flexibility index (Phi) is 6.00. The van der Waals surface area contributed by atoms with Gasteiger partial charge in [0.25, 0.3) is 0 Å². The van der Waals surface area contributed by atoms with Crippen LogP contribution in [-0.2, 0) is 13.1 Å². The minimum Gasteiger partial charge on any atom is -0.439 e. The van der Waals surface area contributed by atoms with Gasteiger partial charge in [0, 0.05) is 49.7 Å². The number of hydrogen-bond donors (Lipinski definition) is 1. The summed E-state index contributed by atoms with van der Waals surface area (Å²) in [4.78, 5) is 6.54. The molecule has 6 heteroatoms. The molecule has 29 heavy (non-hydrogen) atoms. The molecule has 1 aliphatic rings. The number of rotatable bonds is 7. The molecular weight excluding hydrogens is 372 g/mol. The summed E-state index contributed by atoms with van der Waals surface area (Å²) < 4.78 is 32.9. The van der Waals surface area contributed by atoms with Crippen molar-refractivity contribution in [1.82, 2.24) is 10.3 Å². The molecule has 150 valence electrons. The fourth-order valence-electron chi connectivity index (χ4n) is 3.51. The van der Waals surface area contributed by atoms with Crippen LogP contribution >= 0.6 is 0 Å². The van der Waals surface area contributed by atoms with Gasteiger partial charge in [-0.25, -0.2) is 13.8 Å². The molecule has 1 aromatic heterocycles. The van der Waals surface area contributed by atoms with Crippen LogP contribution < -0.4 is 15.0 Å². The van der Waals surface area contributed by atoms with Crippen LogP contribution in [0.4, 0.5) is 14.5 Å². The van der Waals surface area contributed by atoms with E-state index in [1.165, 1.54) is 18.2 Å². The fourth-order valence-corrected chi connectivity index (χ4v) is 3.51. The molecule has 1 fully saturated rings. The van der Waals surface area contributed by atoms with Crippen LogP contribution in [0.15, 0.2) is 60.8 Å². The molecular formula is C23H23F2N3O. The highest BCUT2D eigenvalue weighted by molar-refractivity contribution is 5.54. The lowest BCUT2D eigenvalue weighted by Gasteiger charge is -2.22. The molecule has 3 aromatic rings. The van der Waals surface area contributed by atoms with Crippen LogP contribution in [0.3, 0.4) is 0 Å². The normalized spacial score (nSPS) is 13.7. The van der Waals surface area contributed by atoms with Gasteiger partial charge in [-0.1, -0.05) is 12.1 Å². The van der Waals surface area contributed by atoms with Crippen LogP contribution in [0, 0.1) is 11.6 Å². The maximum atomic E-state index is 14.4. The summed E-state index contributed by atoms with van der Waals surface area (Å²) in [6, 6.07) is 14.7. The highest BCUT2D eigenvalue weighted by Gasteiger charge is 2.17. The van der Waals surface area contributed by atoms with Crippen LogP contribution in [0.2, 0.25) is 0 Å². The predicted molar refractivity (Wildman–Crippen MR) is 109 cm³/mol. The molecule has 1 N–H and O–H groups in total. The molecule has 0 amide bonds. The van der Waals surface area contributed by atoms with E-state index in [-0.39, 0.29) is 11.6 Å². The van der Waals surface area contributed by atoms with Gasteiger partial charge in [-0.2, -0.15) is 0 Å². The SMILES string of the molecule is Fc1ccc(Oc2ccc(CNCc3c(F)cccc3N3CCCC3)cn2)cc1. The minimum atomic E-state index is -0.311. The summed E-state index contributed by atoms with van der Waals surface area (Å²) in [5.74, 6) is 0.474. The predicted octanol–water partition coefficient (Wildman–Crippen LogP) is 5.04. The summed E-state index contributed by atoms with van der Waals surface area (Å²) in [7, 11) is 0. The van der Waals surface area contributed by atoms with Gasteiger partial charge in [-0.3, -0.25) is 0 Å². The molecule has 0 radical (unpaired) electrons. The van der Waals surface area contributed by atoms with E-state index in [0.717, 1.165) is 37.2 Å². The lowest BCUT2D eigenvalue weighted by atomic mass is 10.1. The molecule has 0 unspecified atom stereocenters. The number of pyridine rings is 1. The first-order chi connectivity index (χ1) is 14.2. The fraction of sp³-hybridized carbons (Fsp3) is 0.261. The Morgan fingerprint density at radius 2 is 1.72 bits per heavy atom. The molecule has 2 aromatic carbocycles. The van der Waals surface area contributed by atoms with E-state index in [1.807, 2.05) is 12.1 Å². The number of halogens is 2. The number of hydrogen-bond acceptors (Lipinski definition) is 4. The first-order valence-corrected chi connectivity index (χ1v) is 9.80. The maximum Gasteiger partial charge on any atom is 0.219 e. The zero-order valence-electron chi connectivity index (χ0n) is 16.1. The molecule has 0 bridgehead atoms. The Morgan fingerprint density at radius 3 is 2.45 bits per heavy atom. The number of nitrogens with zero attached hydrogens (tertiary/aromatic N) is 2. The second kappa shape index (κ2) is 9.01. The van der Waals surface area contributed by atoms with Gasteiger partial charge in [-0.05, 0) is 54.8 Å². The molecule has 2 heterocycles. The first kappa shape index (κ1) is 19.3. The van der Waals surface area contributed by atoms with Crippen molar-refractivity contribution in [3.63, 3.8) is 0 Å². The number of nitrogens with one attached hydrogen (secondary N) is 1. The number of anilines is 1. The monoisotopic (exact) mass is 395 g/mol. The second-order valence-corrected chi connectivity index (χ2v) is 7.10. The zero-order chi connectivity index (χ0) is 20.1. The summed E-state index contributed by atoms with van der Waals surface area (Å²) in [6.07, 6.45) is 4.03. The highest BCUT2D eigenvalue weighted by Crippen LogP contribution is 2.26. The second-order valence-electron chi connectivity index (χ2n) is 7.10. The largest absolute Gasteiger partial charge is 0.439 e. The average molecular weight is 395 g/mol. The van der Waals surface area contributed by atoms with Crippen molar-refractivity contribution in [3.05, 3.63) is 83.6 Å². The third-order valence-corrected chi connectivity index (χ3v) is 5.01. The Hall–Kier alpha value is -2.99. The van der Waals surface area contributed by atoms with Crippen molar-refractivity contribution < 1.29 is 13.5 Å². The van der Waals surface area contributed by atoms with Gasteiger partial charge in [-0.15, -0.1) is 0 Å². The van der Waals surface area contributed by atoms with Gasteiger partial charge in [0.1, 0.15) is 17.4 Å². The third kappa shape index (κ3) is 4.90. The van der Waals surface area contributed by atoms with Crippen molar-refractivity contribution in [2.24, 2.45) is 0 Å². The van der Waals surface area contributed by atoms with Crippen molar-refractivity contribution in [1.29, 1.82) is 0 Å². The lowest BCUT2D eigenvalue weighted by Crippen LogP contribution is -2.22. The first-order valence-electron chi connectivity index (χ1n) is 9.80. The van der Waals surface area contributed by atoms with Gasteiger partial charge >= 0.3 is 0 Å². The number of ether oxygens (including phenoxy) is 1. The molecule has 0 saturated carbocycles. The van der Waals surface area contributed by atoms with E-state index in [9.17, 15) is 8.78 Å². The minimum absolute atomic E-state index is 0.178. The average Bonchev–Trinajstić information content (AvgIpc) is 3.27. The molecule has 0 aliphatic carbocycles. The zero-order valence-corrected chi connectivity index (χ0v) is 16.1. The highest BCUT2D eigenvalue weighted by atomic mass is 19.1. The molecule has 4 rings (SSSR count). The molecule has 4 nitrogen and oxygen atoms in total. The van der Waals surface area contributed by atoms with Crippen molar-refractivity contribution in [3.8, 4) is 11.6 Å². The van der Waals surface area contributed by atoms with E-state index in [2.05, 4.69) is 15.2 Å². The number of benzene rings is 2. The Labute approximate surface area is 169 Å². The standard InChI is InChI=1S/C23H23F2N3O/c24-18-7-9-19(10-8-18)29-23-11-6-17(15-27-23)14-26-16-20-21(25)4-3-5-22(20)28-12-1-2-13-28/h3-11,15,26H,1-2,12-14,16H2. The molecule has 0 atom stereocenters. The van der Waals surface area contributed by atoms with E-state index < -0.39 is 0 Å². The Balaban J connectivity index is 1.35. The molecule has 0 spiro atoms. The number of aromatic nitrogens is 1. The summed E-state index contributed by atoms with van der Waals surface area (Å²) in [5.41, 5.74) is 2.66. The van der Waals surface area contributed by atoms with Crippen molar-refractivity contribution in [2.75, 3.05) is 18.0 Å². The smallest absolute Gasteiger partial charge is 0.219 e. The lowest BCUT2D eigenvalue weighted by molar-refractivity contribution is 0.460. The van der Waals surface area contributed by atoms with Gasteiger partial charge in [0.05, 0.1) is 0 Å². The quantitative estimate of drug-likeness (QED) is 0.608. The summed E-state index contributed by atoms with van der Waals surface area (Å²) in [5, 5.41) is 3.31. The van der Waals surface area contributed by atoms with E-state index >= 15 is 0 Å². The third-order valence-electron chi connectivity index (χ3n) is 5.01. The van der Waals surface area contributed by atoms with Crippen molar-refractivity contribution in [2.45, 2.75) is 25.9 Å². The summed E-state index contributed by atoms with van der Waals surface area (Å²) in [6.45, 7) is 2.98. The molecule has 1 aliphatic heterocycles. The van der Waals surface area contributed by atoms with Gasteiger partial charge in [0.2, 0.25) is 5.88 Å². The van der Waals surface area contributed by atoms with Crippen LogP contribution in [0.5, 0.6) is 11.6 Å². The van der Waals surface area contributed by atoms with E-state index in [1.54, 1.807) is 30.5 Å². The van der Waals surface area contributed by atoms with Crippen LogP contribution in [0.25, 0.3) is 0 Å². The van der Waals surface area contributed by atoms with Crippen LogP contribution in [0.1, 0.15) is 24.0 Å². The maximum absolute atomic E-state index is 14.4. The van der Waals surface area contributed by atoms with E-state index in [4.69, 9.17) is 4.74 Å². The van der Waals surface area contributed by atoms with E-state index in [0.29, 0.717) is 30.3 Å². The Morgan fingerprint density at radius 1 is 0.931 bits per heavy atom. The van der Waals surface area contributed by atoms with Gasteiger partial charge < -0.3 is 15.0 Å². The Bertz CT molecular complexity index is 939. The molecule has 1 saturated heterocycles. The van der Waals surface area contributed by atoms with Crippen LogP contribution in [-0.4, -0.2) is 18.1 Å². The van der Waals surface area contributed by atoms with Gasteiger partial charge in [0.15, 0.2) is 0 Å².